The molecule has 0 spiro atoms. The van der Waals surface area contributed by atoms with Crippen LogP contribution >= 0.6 is 11.8 Å². The molecule has 1 aromatic carbocycles. The molecular weight excluding hydrogens is 314 g/mol. The first kappa shape index (κ1) is 17.7. The monoisotopic (exact) mass is 337 g/mol. The second-order valence-corrected chi connectivity index (χ2v) is 6.79. The number of hydrogen-bond donors (Lipinski definition) is 1. The van der Waals surface area contributed by atoms with Crippen LogP contribution in [-0.2, 0) is 9.59 Å². The van der Waals surface area contributed by atoms with E-state index in [0.29, 0.717) is 31.9 Å². The highest BCUT2D eigenvalue weighted by atomic mass is 32.2. The number of likely N-dealkylation sites (tertiary alicyclic amines) is 1. The Morgan fingerprint density at radius 1 is 1.35 bits per heavy atom. The second-order valence-electron chi connectivity index (χ2n) is 5.74. The Labute approximate surface area is 141 Å². The molecular formula is C17H23NO4S. The van der Waals surface area contributed by atoms with Gasteiger partial charge in [0, 0.05) is 18.0 Å². The lowest BCUT2D eigenvalue weighted by Crippen LogP contribution is -2.45. The highest BCUT2D eigenvalue weighted by Crippen LogP contribution is 2.26. The quantitative estimate of drug-likeness (QED) is 0.809. The Bertz CT molecular complexity index is 546. The lowest BCUT2D eigenvalue weighted by molar-refractivity contribution is -0.147. The Balaban J connectivity index is 1.82. The van der Waals surface area contributed by atoms with Gasteiger partial charge in [-0.15, -0.1) is 11.8 Å². The molecule has 1 aliphatic rings. The molecule has 1 saturated heterocycles. The van der Waals surface area contributed by atoms with Crippen molar-refractivity contribution in [1.29, 1.82) is 0 Å². The molecule has 2 unspecified atom stereocenters. The van der Waals surface area contributed by atoms with Crippen molar-refractivity contribution < 1.29 is 19.4 Å². The molecule has 0 saturated carbocycles. The Kier molecular flexibility index (Phi) is 6.33. The summed E-state index contributed by atoms with van der Waals surface area (Å²) in [4.78, 5) is 26.2. The number of ether oxygens (including phenoxy) is 1. The minimum Gasteiger partial charge on any atom is -0.494 e. The summed E-state index contributed by atoms with van der Waals surface area (Å²) in [6, 6.07) is 7.69. The molecule has 23 heavy (non-hydrogen) atoms. The van der Waals surface area contributed by atoms with Crippen LogP contribution in [0.5, 0.6) is 5.75 Å². The van der Waals surface area contributed by atoms with E-state index in [4.69, 9.17) is 9.84 Å². The number of piperidine rings is 1. The van der Waals surface area contributed by atoms with Crippen LogP contribution in [0.2, 0.25) is 0 Å². The number of carbonyl (C=O) groups excluding carboxylic acids is 1. The van der Waals surface area contributed by atoms with Crippen LogP contribution in [0.3, 0.4) is 0 Å². The number of hydrogen-bond acceptors (Lipinski definition) is 4. The van der Waals surface area contributed by atoms with E-state index in [-0.39, 0.29) is 17.7 Å². The van der Waals surface area contributed by atoms with E-state index in [1.165, 1.54) is 11.8 Å². The summed E-state index contributed by atoms with van der Waals surface area (Å²) in [5.74, 6) is 0.178. The number of carboxylic acids is 1. The summed E-state index contributed by atoms with van der Waals surface area (Å²) in [6.07, 6.45) is 0.538. The van der Waals surface area contributed by atoms with Crippen LogP contribution in [0.4, 0.5) is 0 Å². The minimum atomic E-state index is -0.756. The van der Waals surface area contributed by atoms with Gasteiger partial charge in [0.05, 0.1) is 18.3 Å². The molecule has 1 fully saturated rings. The molecule has 1 amide bonds. The van der Waals surface area contributed by atoms with Crippen LogP contribution in [0.25, 0.3) is 0 Å². The maximum atomic E-state index is 12.3. The predicted molar refractivity (Wildman–Crippen MR) is 89.8 cm³/mol. The van der Waals surface area contributed by atoms with Crippen LogP contribution in [0.15, 0.2) is 29.2 Å². The first-order valence-electron chi connectivity index (χ1n) is 7.87. The molecule has 0 bridgehead atoms. The largest absolute Gasteiger partial charge is 0.494 e. The molecule has 126 valence electrons. The third-order valence-corrected chi connectivity index (χ3v) is 5.07. The summed E-state index contributed by atoms with van der Waals surface area (Å²) < 4.78 is 5.39. The SMILES string of the molecule is CCOc1ccc(SCC(=O)N2CCC(C(=O)O)C(C)C2)cc1. The summed E-state index contributed by atoms with van der Waals surface area (Å²) in [5, 5.41) is 9.13. The van der Waals surface area contributed by atoms with E-state index in [1.54, 1.807) is 4.90 Å². The lowest BCUT2D eigenvalue weighted by atomic mass is 9.87. The van der Waals surface area contributed by atoms with E-state index in [2.05, 4.69) is 0 Å². The van der Waals surface area contributed by atoms with Gasteiger partial charge in [-0.2, -0.15) is 0 Å². The van der Waals surface area contributed by atoms with E-state index in [1.807, 2.05) is 38.1 Å². The van der Waals surface area contributed by atoms with Crippen molar-refractivity contribution in [3.8, 4) is 5.75 Å². The fourth-order valence-corrected chi connectivity index (χ4v) is 3.58. The summed E-state index contributed by atoms with van der Waals surface area (Å²) in [7, 11) is 0. The van der Waals surface area contributed by atoms with Gasteiger partial charge in [0.15, 0.2) is 0 Å². The summed E-state index contributed by atoms with van der Waals surface area (Å²) in [6.45, 7) is 5.53. The Morgan fingerprint density at radius 2 is 2.04 bits per heavy atom. The fourth-order valence-electron chi connectivity index (χ4n) is 2.77. The number of nitrogens with zero attached hydrogens (tertiary/aromatic N) is 1. The van der Waals surface area contributed by atoms with Crippen molar-refractivity contribution in [1.82, 2.24) is 4.90 Å². The standard InChI is InChI=1S/C17H23NO4S/c1-3-22-13-4-6-14(7-5-13)23-11-16(19)18-9-8-15(17(20)21)12(2)10-18/h4-7,12,15H,3,8-11H2,1-2H3,(H,20,21). The van der Waals surface area contributed by atoms with E-state index < -0.39 is 5.97 Å². The first-order chi connectivity index (χ1) is 11.0. The molecule has 5 nitrogen and oxygen atoms in total. The Morgan fingerprint density at radius 3 is 2.61 bits per heavy atom. The Hall–Kier alpha value is -1.69. The molecule has 2 rings (SSSR count). The van der Waals surface area contributed by atoms with Crippen molar-refractivity contribution in [2.45, 2.75) is 25.2 Å². The van der Waals surface area contributed by atoms with Crippen LogP contribution in [-0.4, -0.2) is 47.3 Å². The lowest BCUT2D eigenvalue weighted by Gasteiger charge is -2.34. The number of amides is 1. The second kappa shape index (κ2) is 8.24. The molecule has 6 heteroatoms. The van der Waals surface area contributed by atoms with Gasteiger partial charge in [-0.3, -0.25) is 9.59 Å². The van der Waals surface area contributed by atoms with Crippen molar-refractivity contribution in [3.05, 3.63) is 24.3 Å². The van der Waals surface area contributed by atoms with E-state index >= 15 is 0 Å². The molecule has 1 N–H and O–H groups in total. The zero-order valence-corrected chi connectivity index (χ0v) is 14.3. The van der Waals surface area contributed by atoms with E-state index in [9.17, 15) is 9.59 Å². The molecule has 1 heterocycles. The molecule has 1 aromatic rings. The van der Waals surface area contributed by atoms with Gasteiger partial charge in [0.25, 0.3) is 0 Å². The number of aliphatic carboxylic acids is 1. The first-order valence-corrected chi connectivity index (χ1v) is 8.86. The van der Waals surface area contributed by atoms with Gasteiger partial charge >= 0.3 is 5.97 Å². The average Bonchev–Trinajstić information content (AvgIpc) is 2.53. The topological polar surface area (TPSA) is 66.8 Å². The average molecular weight is 337 g/mol. The number of carboxylic acid groups (broad SMARTS) is 1. The zero-order valence-electron chi connectivity index (χ0n) is 13.5. The predicted octanol–water partition coefficient (Wildman–Crippen LogP) is 2.75. The maximum absolute atomic E-state index is 12.3. The molecule has 2 atom stereocenters. The van der Waals surface area contributed by atoms with Crippen molar-refractivity contribution >= 4 is 23.6 Å². The van der Waals surface area contributed by atoms with Gasteiger partial charge in [0.2, 0.25) is 5.91 Å². The van der Waals surface area contributed by atoms with Crippen molar-refractivity contribution in [2.24, 2.45) is 11.8 Å². The highest BCUT2D eigenvalue weighted by molar-refractivity contribution is 8.00. The fraction of sp³-hybridized carbons (Fsp3) is 0.529. The number of carbonyl (C=O) groups is 2. The summed E-state index contributed by atoms with van der Waals surface area (Å²) in [5.41, 5.74) is 0. The van der Waals surface area contributed by atoms with Crippen molar-refractivity contribution in [2.75, 3.05) is 25.4 Å². The highest BCUT2D eigenvalue weighted by Gasteiger charge is 2.32. The number of thioether (sulfide) groups is 1. The van der Waals surface area contributed by atoms with Gasteiger partial charge in [0.1, 0.15) is 5.75 Å². The number of benzene rings is 1. The van der Waals surface area contributed by atoms with Crippen molar-refractivity contribution in [3.63, 3.8) is 0 Å². The van der Waals surface area contributed by atoms with Crippen LogP contribution in [0.1, 0.15) is 20.3 Å². The van der Waals surface area contributed by atoms with Crippen LogP contribution in [0, 0.1) is 11.8 Å². The van der Waals surface area contributed by atoms with E-state index in [0.717, 1.165) is 10.6 Å². The maximum Gasteiger partial charge on any atom is 0.306 e. The zero-order chi connectivity index (χ0) is 16.8. The minimum absolute atomic E-state index is 0.000626. The third kappa shape index (κ3) is 4.89. The smallest absolute Gasteiger partial charge is 0.306 e. The molecule has 1 aliphatic heterocycles. The molecule has 0 aromatic heterocycles. The van der Waals surface area contributed by atoms with Gasteiger partial charge < -0.3 is 14.7 Å². The summed E-state index contributed by atoms with van der Waals surface area (Å²) >= 11 is 1.49. The molecule has 0 radical (unpaired) electrons. The van der Waals surface area contributed by atoms with Gasteiger partial charge in [-0.1, -0.05) is 6.92 Å². The van der Waals surface area contributed by atoms with Gasteiger partial charge in [-0.25, -0.2) is 0 Å². The third-order valence-electron chi connectivity index (χ3n) is 4.07. The van der Waals surface area contributed by atoms with Crippen LogP contribution < -0.4 is 4.74 Å². The normalized spacial score (nSPS) is 21.0. The molecule has 0 aliphatic carbocycles. The van der Waals surface area contributed by atoms with Gasteiger partial charge in [-0.05, 0) is 43.5 Å². The number of rotatable bonds is 6.